The molecule has 1 heterocycles. The van der Waals surface area contributed by atoms with Gasteiger partial charge in [0.15, 0.2) is 0 Å². The SMILES string of the molecule is O=C(O)c1ccc(N(Cc2ccc([N+](=O)[O-])o2)C(=O)OCc2ccccc2)cc1. The van der Waals surface area contributed by atoms with Crippen molar-refractivity contribution in [2.24, 2.45) is 0 Å². The highest BCUT2D eigenvalue weighted by Crippen LogP contribution is 2.23. The minimum absolute atomic E-state index is 0.0294. The number of amides is 1. The maximum atomic E-state index is 12.7. The zero-order valence-electron chi connectivity index (χ0n) is 15.1. The van der Waals surface area contributed by atoms with E-state index in [-0.39, 0.29) is 24.5 Å². The van der Waals surface area contributed by atoms with Gasteiger partial charge >= 0.3 is 17.9 Å². The molecule has 0 spiro atoms. The van der Waals surface area contributed by atoms with Crippen molar-refractivity contribution in [3.05, 3.63) is 93.7 Å². The summed E-state index contributed by atoms with van der Waals surface area (Å²) in [5.74, 6) is -1.37. The smallest absolute Gasteiger partial charge is 0.433 e. The van der Waals surface area contributed by atoms with Gasteiger partial charge in [0.2, 0.25) is 0 Å². The maximum absolute atomic E-state index is 12.7. The molecule has 2 aromatic carbocycles. The monoisotopic (exact) mass is 396 g/mol. The highest BCUT2D eigenvalue weighted by Gasteiger charge is 2.22. The Bertz CT molecular complexity index is 1010. The number of carboxylic acid groups (broad SMARTS) is 1. The fourth-order valence-corrected chi connectivity index (χ4v) is 2.55. The molecule has 1 aromatic heterocycles. The van der Waals surface area contributed by atoms with Gasteiger partial charge in [0, 0.05) is 5.69 Å². The summed E-state index contributed by atoms with van der Waals surface area (Å²) in [6.07, 6.45) is -0.712. The van der Waals surface area contributed by atoms with Crippen molar-refractivity contribution < 1.29 is 28.8 Å². The van der Waals surface area contributed by atoms with Gasteiger partial charge in [-0.15, -0.1) is 0 Å². The molecule has 0 unspecified atom stereocenters. The van der Waals surface area contributed by atoms with Crippen LogP contribution in [0.5, 0.6) is 0 Å². The van der Waals surface area contributed by atoms with Crippen LogP contribution in [0.25, 0.3) is 0 Å². The molecule has 0 fully saturated rings. The number of carbonyl (C=O) groups is 2. The number of carboxylic acids is 1. The first-order valence-corrected chi connectivity index (χ1v) is 8.48. The molecule has 0 aliphatic heterocycles. The third-order valence-corrected chi connectivity index (χ3v) is 3.99. The summed E-state index contributed by atoms with van der Waals surface area (Å²) in [5.41, 5.74) is 1.20. The van der Waals surface area contributed by atoms with Crippen molar-refractivity contribution in [1.82, 2.24) is 0 Å². The average Bonchev–Trinajstić information content (AvgIpc) is 3.20. The van der Waals surface area contributed by atoms with E-state index in [0.29, 0.717) is 5.69 Å². The second kappa shape index (κ2) is 8.70. The van der Waals surface area contributed by atoms with Gasteiger partial charge in [-0.3, -0.25) is 15.0 Å². The van der Waals surface area contributed by atoms with Crippen LogP contribution in [-0.4, -0.2) is 22.1 Å². The van der Waals surface area contributed by atoms with Crippen molar-refractivity contribution in [3.63, 3.8) is 0 Å². The number of nitrogens with zero attached hydrogens (tertiary/aromatic N) is 2. The fourth-order valence-electron chi connectivity index (χ4n) is 2.55. The van der Waals surface area contributed by atoms with E-state index < -0.39 is 22.9 Å². The van der Waals surface area contributed by atoms with Gasteiger partial charge < -0.3 is 14.3 Å². The van der Waals surface area contributed by atoms with Gasteiger partial charge in [-0.25, -0.2) is 9.59 Å². The molecule has 1 amide bonds. The van der Waals surface area contributed by atoms with Crippen LogP contribution >= 0.6 is 0 Å². The Morgan fingerprint density at radius 1 is 1.03 bits per heavy atom. The van der Waals surface area contributed by atoms with Crippen LogP contribution in [0.3, 0.4) is 0 Å². The minimum Gasteiger partial charge on any atom is -0.478 e. The number of aromatic carboxylic acids is 1. The molecule has 0 aliphatic carbocycles. The molecule has 0 bridgehead atoms. The Morgan fingerprint density at radius 3 is 2.31 bits per heavy atom. The first-order valence-electron chi connectivity index (χ1n) is 8.48. The van der Waals surface area contributed by atoms with Crippen molar-refractivity contribution in [3.8, 4) is 0 Å². The number of hydrogen-bond acceptors (Lipinski definition) is 6. The summed E-state index contributed by atoms with van der Waals surface area (Å²) in [4.78, 5) is 35.1. The zero-order valence-corrected chi connectivity index (χ0v) is 15.1. The normalized spacial score (nSPS) is 10.3. The Balaban J connectivity index is 1.82. The molecule has 1 N–H and O–H groups in total. The number of anilines is 1. The van der Waals surface area contributed by atoms with Gasteiger partial charge in [0.1, 0.15) is 17.3 Å². The standard InChI is InChI=1S/C20H16N2O7/c23-19(24)15-6-8-16(9-7-15)21(12-17-10-11-18(29-17)22(26)27)20(25)28-13-14-4-2-1-3-5-14/h1-11H,12-13H2,(H,23,24). The van der Waals surface area contributed by atoms with Gasteiger partial charge in [-0.05, 0) is 35.9 Å². The van der Waals surface area contributed by atoms with E-state index in [2.05, 4.69) is 0 Å². The number of rotatable bonds is 7. The topological polar surface area (TPSA) is 123 Å². The third kappa shape index (κ3) is 4.98. The average molecular weight is 396 g/mol. The molecule has 0 aliphatic rings. The van der Waals surface area contributed by atoms with Crippen LogP contribution < -0.4 is 4.90 Å². The first kappa shape index (κ1) is 19.6. The van der Waals surface area contributed by atoms with Crippen LogP contribution in [0.15, 0.2) is 71.1 Å². The molecule has 9 heteroatoms. The van der Waals surface area contributed by atoms with Gasteiger partial charge in [0.05, 0.1) is 18.2 Å². The summed E-state index contributed by atoms with van der Waals surface area (Å²) in [5, 5.41) is 19.9. The van der Waals surface area contributed by atoms with E-state index in [1.165, 1.54) is 41.3 Å². The van der Waals surface area contributed by atoms with Crippen molar-refractivity contribution >= 4 is 23.6 Å². The molecule has 0 radical (unpaired) electrons. The fraction of sp³-hybridized carbons (Fsp3) is 0.100. The van der Waals surface area contributed by atoms with Gasteiger partial charge in [0.25, 0.3) is 0 Å². The molecular weight excluding hydrogens is 380 g/mol. The lowest BCUT2D eigenvalue weighted by Gasteiger charge is -2.21. The Hall–Kier alpha value is -4.14. The summed E-state index contributed by atoms with van der Waals surface area (Å²) < 4.78 is 10.5. The number of furan rings is 1. The molecule has 0 saturated carbocycles. The van der Waals surface area contributed by atoms with E-state index >= 15 is 0 Å². The summed E-state index contributed by atoms with van der Waals surface area (Å²) >= 11 is 0. The largest absolute Gasteiger partial charge is 0.478 e. The molecule has 3 rings (SSSR count). The second-order valence-corrected chi connectivity index (χ2v) is 5.98. The molecule has 9 nitrogen and oxygen atoms in total. The second-order valence-electron chi connectivity index (χ2n) is 5.98. The Labute approximate surface area is 164 Å². The van der Waals surface area contributed by atoms with Crippen LogP contribution in [-0.2, 0) is 17.9 Å². The molecule has 148 valence electrons. The predicted octanol–water partition coefficient (Wildman–Crippen LogP) is 4.23. The van der Waals surface area contributed by atoms with Gasteiger partial charge in [-0.2, -0.15) is 0 Å². The molecule has 0 atom stereocenters. The lowest BCUT2D eigenvalue weighted by Crippen LogP contribution is -2.30. The van der Waals surface area contributed by atoms with E-state index in [9.17, 15) is 19.7 Å². The van der Waals surface area contributed by atoms with E-state index in [1.54, 1.807) is 12.1 Å². The molecule has 3 aromatic rings. The van der Waals surface area contributed by atoms with Crippen molar-refractivity contribution in [2.45, 2.75) is 13.2 Å². The number of hydrogen-bond donors (Lipinski definition) is 1. The lowest BCUT2D eigenvalue weighted by molar-refractivity contribution is -0.402. The van der Waals surface area contributed by atoms with Crippen LogP contribution in [0.2, 0.25) is 0 Å². The summed E-state index contributed by atoms with van der Waals surface area (Å²) in [7, 11) is 0. The predicted molar refractivity (Wildman–Crippen MR) is 102 cm³/mol. The third-order valence-electron chi connectivity index (χ3n) is 3.99. The highest BCUT2D eigenvalue weighted by atomic mass is 16.6. The molecule has 29 heavy (non-hydrogen) atoms. The molecule has 0 saturated heterocycles. The van der Waals surface area contributed by atoms with Crippen molar-refractivity contribution in [2.75, 3.05) is 4.90 Å². The van der Waals surface area contributed by atoms with E-state index in [1.807, 2.05) is 18.2 Å². The Kier molecular flexibility index (Phi) is 5.88. The van der Waals surface area contributed by atoms with E-state index in [4.69, 9.17) is 14.3 Å². The number of carbonyl (C=O) groups excluding carboxylic acids is 1. The minimum atomic E-state index is -1.10. The Morgan fingerprint density at radius 2 is 1.72 bits per heavy atom. The number of ether oxygens (including phenoxy) is 1. The van der Waals surface area contributed by atoms with Gasteiger partial charge in [-0.1, -0.05) is 30.3 Å². The molecular formula is C20H16N2O7. The first-order chi connectivity index (χ1) is 13.9. The zero-order chi connectivity index (χ0) is 20.8. The number of benzene rings is 2. The summed E-state index contributed by atoms with van der Waals surface area (Å²) in [6, 6.07) is 17.2. The van der Waals surface area contributed by atoms with Crippen LogP contribution in [0.1, 0.15) is 21.7 Å². The van der Waals surface area contributed by atoms with Crippen LogP contribution in [0, 0.1) is 10.1 Å². The number of nitro groups is 1. The lowest BCUT2D eigenvalue weighted by atomic mass is 10.2. The highest BCUT2D eigenvalue weighted by molar-refractivity contribution is 5.90. The maximum Gasteiger partial charge on any atom is 0.433 e. The van der Waals surface area contributed by atoms with E-state index in [0.717, 1.165) is 5.56 Å². The quantitative estimate of drug-likeness (QED) is 0.468. The van der Waals surface area contributed by atoms with Crippen LogP contribution in [0.4, 0.5) is 16.4 Å². The summed E-state index contributed by atoms with van der Waals surface area (Å²) in [6.45, 7) is -0.102. The van der Waals surface area contributed by atoms with Crippen molar-refractivity contribution in [1.29, 1.82) is 0 Å².